The minimum atomic E-state index is 0.330. The number of phenolic OH excluding ortho intramolecular Hbond substituents is 1. The van der Waals surface area contributed by atoms with Gasteiger partial charge in [0.25, 0.3) is 0 Å². The molecule has 1 aromatic carbocycles. The zero-order chi connectivity index (χ0) is 10.6. The average Bonchev–Trinajstić information content (AvgIpc) is 2.10. The van der Waals surface area contributed by atoms with E-state index in [1.54, 1.807) is 18.2 Å². The molecule has 0 aromatic heterocycles. The Bertz CT molecular complexity index is 361. The van der Waals surface area contributed by atoms with Crippen LogP contribution in [0.4, 0.5) is 0 Å². The molecule has 0 spiro atoms. The van der Waals surface area contributed by atoms with Crippen LogP contribution in [0.2, 0.25) is 0 Å². The Balaban J connectivity index is 2.87. The molecule has 1 nitrogen and oxygen atoms in total. The van der Waals surface area contributed by atoms with Crippen LogP contribution in [0.3, 0.4) is 0 Å². The van der Waals surface area contributed by atoms with Gasteiger partial charge < -0.3 is 5.11 Å². The first kappa shape index (κ1) is 10.6. The van der Waals surface area contributed by atoms with Crippen molar-refractivity contribution in [3.05, 3.63) is 53.6 Å². The molecular formula is C13H16O. The molecule has 0 unspecified atom stereocenters. The Morgan fingerprint density at radius 3 is 2.79 bits per heavy atom. The molecule has 0 aliphatic carbocycles. The molecule has 0 amide bonds. The van der Waals surface area contributed by atoms with E-state index in [1.807, 2.05) is 19.1 Å². The average molecular weight is 188 g/mol. The number of phenols is 1. The highest BCUT2D eigenvalue weighted by molar-refractivity contribution is 5.36. The normalized spacial score (nSPS) is 11.4. The molecule has 14 heavy (non-hydrogen) atoms. The third-order valence-corrected chi connectivity index (χ3v) is 2.20. The van der Waals surface area contributed by atoms with Crippen LogP contribution in [0.5, 0.6) is 5.75 Å². The van der Waals surface area contributed by atoms with Crippen LogP contribution in [0, 0.1) is 6.92 Å². The van der Waals surface area contributed by atoms with Gasteiger partial charge in [-0.05, 0) is 43.5 Å². The maximum Gasteiger partial charge on any atom is 0.115 e. The van der Waals surface area contributed by atoms with E-state index < -0.39 is 0 Å². The van der Waals surface area contributed by atoms with Crippen LogP contribution < -0.4 is 0 Å². The van der Waals surface area contributed by atoms with E-state index >= 15 is 0 Å². The molecule has 0 bridgehead atoms. The van der Waals surface area contributed by atoms with Crippen molar-refractivity contribution in [3.8, 4) is 5.75 Å². The van der Waals surface area contributed by atoms with E-state index in [-0.39, 0.29) is 0 Å². The van der Waals surface area contributed by atoms with Gasteiger partial charge in [0, 0.05) is 0 Å². The van der Waals surface area contributed by atoms with E-state index in [1.165, 1.54) is 11.1 Å². The summed E-state index contributed by atoms with van der Waals surface area (Å²) in [5.74, 6) is 0.330. The lowest BCUT2D eigenvalue weighted by atomic mass is 10.0. The molecule has 1 aromatic rings. The van der Waals surface area contributed by atoms with Gasteiger partial charge in [-0.25, -0.2) is 0 Å². The van der Waals surface area contributed by atoms with E-state index in [0.717, 1.165) is 12.0 Å². The quantitative estimate of drug-likeness (QED) is 0.721. The Hall–Kier alpha value is -1.50. The number of hydrogen-bond acceptors (Lipinski definition) is 1. The van der Waals surface area contributed by atoms with Gasteiger partial charge in [0.2, 0.25) is 0 Å². The summed E-state index contributed by atoms with van der Waals surface area (Å²) < 4.78 is 0. The third-order valence-electron chi connectivity index (χ3n) is 2.20. The fourth-order valence-electron chi connectivity index (χ4n) is 1.44. The summed E-state index contributed by atoms with van der Waals surface area (Å²) in [4.78, 5) is 0. The number of allylic oxidation sites excluding steroid dienone is 3. The van der Waals surface area contributed by atoms with Crippen molar-refractivity contribution in [1.29, 1.82) is 0 Å². The molecule has 0 saturated heterocycles. The van der Waals surface area contributed by atoms with Gasteiger partial charge in [-0.2, -0.15) is 0 Å². The summed E-state index contributed by atoms with van der Waals surface area (Å²) in [5, 5.41) is 9.24. The summed E-state index contributed by atoms with van der Waals surface area (Å²) in [7, 11) is 0. The maximum absolute atomic E-state index is 9.24. The summed E-state index contributed by atoms with van der Waals surface area (Å²) >= 11 is 0. The number of benzene rings is 1. The van der Waals surface area contributed by atoms with E-state index in [4.69, 9.17) is 0 Å². The minimum absolute atomic E-state index is 0.330. The van der Waals surface area contributed by atoms with Crippen molar-refractivity contribution >= 4 is 0 Å². The Morgan fingerprint density at radius 1 is 1.50 bits per heavy atom. The third kappa shape index (κ3) is 2.77. The van der Waals surface area contributed by atoms with Crippen molar-refractivity contribution in [2.24, 2.45) is 0 Å². The number of rotatable bonds is 3. The van der Waals surface area contributed by atoms with E-state index in [9.17, 15) is 5.11 Å². The smallest absolute Gasteiger partial charge is 0.115 e. The van der Waals surface area contributed by atoms with Crippen molar-refractivity contribution < 1.29 is 5.11 Å². The standard InChI is InChI=1S/C13H16O/c1-4-5-10(2)8-12-6-7-13(14)9-11(12)3/h4-7,9,14H,1,8H2,2-3H3/b10-5+. The van der Waals surface area contributed by atoms with Crippen LogP contribution >= 0.6 is 0 Å². The highest BCUT2D eigenvalue weighted by Crippen LogP contribution is 2.18. The van der Waals surface area contributed by atoms with Gasteiger partial charge in [-0.3, -0.25) is 0 Å². The largest absolute Gasteiger partial charge is 0.508 e. The zero-order valence-electron chi connectivity index (χ0n) is 8.75. The molecule has 0 saturated carbocycles. The SMILES string of the molecule is C=C/C=C(\C)Cc1ccc(O)cc1C. The predicted molar refractivity (Wildman–Crippen MR) is 60.5 cm³/mol. The zero-order valence-corrected chi connectivity index (χ0v) is 8.75. The summed E-state index contributed by atoms with van der Waals surface area (Å²) in [5.41, 5.74) is 3.65. The van der Waals surface area contributed by atoms with Crippen LogP contribution in [0.1, 0.15) is 18.1 Å². The maximum atomic E-state index is 9.24. The Labute approximate surface area is 85.4 Å². The molecule has 74 valence electrons. The fraction of sp³-hybridized carbons (Fsp3) is 0.231. The first-order valence-corrected chi connectivity index (χ1v) is 4.70. The second-order valence-electron chi connectivity index (χ2n) is 3.54. The van der Waals surface area contributed by atoms with E-state index in [0.29, 0.717) is 5.75 Å². The summed E-state index contributed by atoms with van der Waals surface area (Å²) in [6.07, 6.45) is 4.72. The summed E-state index contributed by atoms with van der Waals surface area (Å²) in [6.45, 7) is 7.75. The van der Waals surface area contributed by atoms with Gasteiger partial charge in [0.15, 0.2) is 0 Å². The Kier molecular flexibility index (Phi) is 3.52. The van der Waals surface area contributed by atoms with Crippen molar-refractivity contribution in [3.63, 3.8) is 0 Å². The van der Waals surface area contributed by atoms with Crippen molar-refractivity contribution in [2.45, 2.75) is 20.3 Å². The van der Waals surface area contributed by atoms with Gasteiger partial charge >= 0.3 is 0 Å². The Morgan fingerprint density at radius 2 is 2.21 bits per heavy atom. The monoisotopic (exact) mass is 188 g/mol. The molecule has 1 heteroatoms. The lowest BCUT2D eigenvalue weighted by Crippen LogP contribution is -1.90. The van der Waals surface area contributed by atoms with Gasteiger partial charge in [0.1, 0.15) is 5.75 Å². The van der Waals surface area contributed by atoms with Crippen LogP contribution in [0.25, 0.3) is 0 Å². The molecule has 0 aliphatic heterocycles. The highest BCUT2D eigenvalue weighted by Gasteiger charge is 1.99. The van der Waals surface area contributed by atoms with Gasteiger partial charge in [-0.15, -0.1) is 0 Å². The van der Waals surface area contributed by atoms with Gasteiger partial charge in [0.05, 0.1) is 0 Å². The first-order valence-electron chi connectivity index (χ1n) is 4.70. The predicted octanol–water partition coefficient (Wildman–Crippen LogP) is 3.38. The lowest BCUT2D eigenvalue weighted by molar-refractivity contribution is 0.474. The van der Waals surface area contributed by atoms with Crippen LogP contribution in [-0.4, -0.2) is 5.11 Å². The van der Waals surface area contributed by atoms with Crippen LogP contribution in [0.15, 0.2) is 42.5 Å². The molecule has 0 fully saturated rings. The summed E-state index contributed by atoms with van der Waals surface area (Å²) in [6, 6.07) is 5.48. The van der Waals surface area contributed by atoms with E-state index in [2.05, 4.69) is 13.5 Å². The molecule has 0 radical (unpaired) electrons. The van der Waals surface area contributed by atoms with Crippen LogP contribution in [-0.2, 0) is 6.42 Å². The van der Waals surface area contributed by atoms with Gasteiger partial charge in [-0.1, -0.05) is 30.4 Å². The number of aromatic hydroxyl groups is 1. The lowest BCUT2D eigenvalue weighted by Gasteiger charge is -2.06. The molecule has 1 rings (SSSR count). The highest BCUT2D eigenvalue weighted by atomic mass is 16.3. The minimum Gasteiger partial charge on any atom is -0.508 e. The van der Waals surface area contributed by atoms with Crippen molar-refractivity contribution in [1.82, 2.24) is 0 Å². The number of aryl methyl sites for hydroxylation is 1. The molecule has 0 atom stereocenters. The molecule has 1 N–H and O–H groups in total. The molecule has 0 aliphatic rings. The molecular weight excluding hydrogens is 172 g/mol. The molecule has 0 heterocycles. The number of hydrogen-bond donors (Lipinski definition) is 1. The second kappa shape index (κ2) is 4.66. The second-order valence-corrected chi connectivity index (χ2v) is 3.54. The fourth-order valence-corrected chi connectivity index (χ4v) is 1.44. The topological polar surface area (TPSA) is 20.2 Å². The first-order chi connectivity index (χ1) is 6.63. The van der Waals surface area contributed by atoms with Crippen molar-refractivity contribution in [2.75, 3.05) is 0 Å².